The van der Waals surface area contributed by atoms with Crippen LogP contribution in [0.3, 0.4) is 0 Å². The van der Waals surface area contributed by atoms with Gasteiger partial charge in [0.05, 0.1) is 31.1 Å². The van der Waals surface area contributed by atoms with Gasteiger partial charge in [0.1, 0.15) is 0 Å². The first-order valence-corrected chi connectivity index (χ1v) is 9.79. The Labute approximate surface area is 165 Å². The number of aryl methyl sites for hydroxylation is 1. The molecule has 0 aliphatic carbocycles. The molecule has 0 spiro atoms. The molecule has 6 nitrogen and oxygen atoms in total. The fraction of sp³-hybridized carbons (Fsp3) is 0.550. The number of rotatable bonds is 8. The first-order chi connectivity index (χ1) is 13.0. The van der Waals surface area contributed by atoms with Crippen molar-refractivity contribution >= 4 is 11.6 Å². The van der Waals surface area contributed by atoms with Gasteiger partial charge in [-0.05, 0) is 31.5 Å². The van der Waals surface area contributed by atoms with Gasteiger partial charge in [0.15, 0.2) is 5.76 Å². The minimum absolute atomic E-state index is 0.0703. The maximum Gasteiger partial charge on any atom is 0.150 e. The highest BCUT2D eigenvalue weighted by atomic mass is 35.5. The van der Waals surface area contributed by atoms with Crippen molar-refractivity contribution in [3.63, 3.8) is 0 Å². The van der Waals surface area contributed by atoms with Crippen molar-refractivity contribution in [2.24, 2.45) is 0 Å². The lowest BCUT2D eigenvalue weighted by molar-refractivity contribution is -0.0215. The van der Waals surface area contributed by atoms with Crippen molar-refractivity contribution in [1.82, 2.24) is 15.0 Å². The minimum Gasteiger partial charge on any atom is -0.389 e. The van der Waals surface area contributed by atoms with Gasteiger partial charge in [-0.2, -0.15) is 0 Å². The number of benzene rings is 1. The highest BCUT2D eigenvalue weighted by molar-refractivity contribution is 6.30. The molecule has 148 valence electrons. The number of halogens is 1. The molecule has 2 unspecified atom stereocenters. The lowest BCUT2D eigenvalue weighted by atomic mass is 10.1. The SMILES string of the molecule is Cc1cc(CN2CCN(CC(O)COC(C)c3ccc(Cl)cc3)CC2)on1. The summed E-state index contributed by atoms with van der Waals surface area (Å²) in [5.74, 6) is 0.908. The van der Waals surface area contributed by atoms with Gasteiger partial charge >= 0.3 is 0 Å². The quantitative estimate of drug-likeness (QED) is 0.744. The summed E-state index contributed by atoms with van der Waals surface area (Å²) in [5.41, 5.74) is 1.97. The number of nitrogens with zero attached hydrogens (tertiary/aromatic N) is 3. The molecule has 2 atom stereocenters. The van der Waals surface area contributed by atoms with Crippen LogP contribution in [0.25, 0.3) is 0 Å². The van der Waals surface area contributed by atoms with E-state index in [0.29, 0.717) is 18.2 Å². The van der Waals surface area contributed by atoms with E-state index in [4.69, 9.17) is 20.9 Å². The van der Waals surface area contributed by atoms with Crippen molar-refractivity contribution in [1.29, 1.82) is 0 Å². The largest absolute Gasteiger partial charge is 0.389 e. The number of hydrogen-bond acceptors (Lipinski definition) is 6. The van der Waals surface area contributed by atoms with Crippen molar-refractivity contribution in [3.8, 4) is 0 Å². The summed E-state index contributed by atoms with van der Waals surface area (Å²) in [6, 6.07) is 9.60. The topological polar surface area (TPSA) is 62.0 Å². The summed E-state index contributed by atoms with van der Waals surface area (Å²) in [7, 11) is 0. The standard InChI is InChI=1S/C20H28ClN3O3/c1-15-11-20(27-22-15)13-24-9-7-23(8-10-24)12-19(25)14-26-16(2)17-3-5-18(21)6-4-17/h3-6,11,16,19,25H,7-10,12-14H2,1-2H3. The zero-order valence-corrected chi connectivity index (χ0v) is 16.7. The van der Waals surface area contributed by atoms with Gasteiger partial charge in [-0.3, -0.25) is 9.80 Å². The summed E-state index contributed by atoms with van der Waals surface area (Å²) in [5, 5.41) is 15.0. The summed E-state index contributed by atoms with van der Waals surface area (Å²) in [6.45, 7) is 9.42. The Morgan fingerprint density at radius 1 is 1.19 bits per heavy atom. The molecule has 2 heterocycles. The third-order valence-corrected chi connectivity index (χ3v) is 5.12. The highest BCUT2D eigenvalue weighted by Crippen LogP contribution is 2.19. The molecular weight excluding hydrogens is 366 g/mol. The van der Waals surface area contributed by atoms with Crippen LogP contribution in [0.5, 0.6) is 0 Å². The van der Waals surface area contributed by atoms with Crippen LogP contribution >= 0.6 is 11.6 Å². The van der Waals surface area contributed by atoms with E-state index in [2.05, 4.69) is 15.0 Å². The number of aliphatic hydroxyl groups excluding tert-OH is 1. The molecule has 0 bridgehead atoms. The summed E-state index contributed by atoms with van der Waals surface area (Å²) >= 11 is 5.91. The van der Waals surface area contributed by atoms with Crippen LogP contribution in [-0.2, 0) is 11.3 Å². The predicted molar refractivity (Wildman–Crippen MR) is 105 cm³/mol. The second kappa shape index (κ2) is 9.66. The average Bonchev–Trinajstić information content (AvgIpc) is 3.07. The molecule has 27 heavy (non-hydrogen) atoms. The third kappa shape index (κ3) is 6.30. The van der Waals surface area contributed by atoms with Gasteiger partial charge in [0.25, 0.3) is 0 Å². The number of aliphatic hydroxyl groups is 1. The van der Waals surface area contributed by atoms with Crippen LogP contribution < -0.4 is 0 Å². The van der Waals surface area contributed by atoms with Gasteiger partial charge in [-0.15, -0.1) is 0 Å². The van der Waals surface area contributed by atoms with Crippen LogP contribution in [0.15, 0.2) is 34.9 Å². The Kier molecular flexibility index (Phi) is 7.26. The Morgan fingerprint density at radius 2 is 1.85 bits per heavy atom. The molecule has 0 amide bonds. The normalized spacial score (nSPS) is 18.5. The van der Waals surface area contributed by atoms with E-state index in [0.717, 1.165) is 49.7 Å². The van der Waals surface area contributed by atoms with Gasteiger partial charge in [-0.25, -0.2) is 0 Å². The van der Waals surface area contributed by atoms with E-state index >= 15 is 0 Å². The fourth-order valence-electron chi connectivity index (χ4n) is 3.28. The third-order valence-electron chi connectivity index (χ3n) is 4.87. The van der Waals surface area contributed by atoms with Gasteiger partial charge in [-0.1, -0.05) is 28.9 Å². The Hall–Kier alpha value is -1.44. The number of β-amino-alcohol motifs (C(OH)–C–C–N with tert-alkyl or cyclic N) is 1. The number of aromatic nitrogens is 1. The summed E-state index contributed by atoms with van der Waals surface area (Å²) in [6.07, 6.45) is -0.567. The molecule has 0 saturated carbocycles. The highest BCUT2D eigenvalue weighted by Gasteiger charge is 2.21. The molecule has 1 aromatic heterocycles. The first-order valence-electron chi connectivity index (χ1n) is 9.41. The van der Waals surface area contributed by atoms with Gasteiger partial charge in [0, 0.05) is 43.8 Å². The molecule has 1 aliphatic rings. The van der Waals surface area contributed by atoms with E-state index in [1.165, 1.54) is 0 Å². The van der Waals surface area contributed by atoms with Crippen molar-refractivity contribution in [2.75, 3.05) is 39.3 Å². The minimum atomic E-state index is -0.497. The van der Waals surface area contributed by atoms with E-state index < -0.39 is 6.10 Å². The van der Waals surface area contributed by atoms with E-state index in [1.54, 1.807) is 0 Å². The first kappa shape index (κ1) is 20.3. The van der Waals surface area contributed by atoms with Gasteiger partial charge < -0.3 is 14.4 Å². The molecule has 3 rings (SSSR count). The molecule has 1 aromatic carbocycles. The zero-order chi connectivity index (χ0) is 19.2. The van der Waals surface area contributed by atoms with E-state index in [9.17, 15) is 5.11 Å². The Balaban J connectivity index is 1.35. The van der Waals surface area contributed by atoms with Crippen molar-refractivity contribution < 1.29 is 14.4 Å². The Morgan fingerprint density at radius 3 is 2.48 bits per heavy atom. The molecule has 1 N–H and O–H groups in total. The molecule has 2 aromatic rings. The predicted octanol–water partition coefficient (Wildman–Crippen LogP) is 2.89. The smallest absolute Gasteiger partial charge is 0.150 e. The Bertz CT molecular complexity index is 699. The van der Waals surface area contributed by atoms with Crippen LogP contribution in [0, 0.1) is 6.92 Å². The van der Waals surface area contributed by atoms with Crippen LogP contribution in [0.2, 0.25) is 5.02 Å². The second-order valence-electron chi connectivity index (χ2n) is 7.19. The van der Waals surface area contributed by atoms with Crippen molar-refractivity contribution in [2.45, 2.75) is 32.6 Å². The van der Waals surface area contributed by atoms with Crippen LogP contribution in [0.1, 0.15) is 30.0 Å². The van der Waals surface area contributed by atoms with E-state index in [-0.39, 0.29) is 6.10 Å². The monoisotopic (exact) mass is 393 g/mol. The number of piperazine rings is 1. The zero-order valence-electron chi connectivity index (χ0n) is 16.0. The lowest BCUT2D eigenvalue weighted by Gasteiger charge is -2.35. The van der Waals surface area contributed by atoms with Crippen LogP contribution in [-0.4, -0.2) is 65.5 Å². The lowest BCUT2D eigenvalue weighted by Crippen LogP contribution is -2.48. The summed E-state index contributed by atoms with van der Waals surface area (Å²) in [4.78, 5) is 4.63. The maximum absolute atomic E-state index is 10.3. The molecule has 1 fully saturated rings. The molecule has 1 saturated heterocycles. The van der Waals surface area contributed by atoms with E-state index in [1.807, 2.05) is 44.2 Å². The molecule has 0 radical (unpaired) electrons. The van der Waals surface area contributed by atoms with Crippen molar-refractivity contribution in [3.05, 3.63) is 52.4 Å². The molecule has 1 aliphatic heterocycles. The molecular formula is C20H28ClN3O3. The molecule has 7 heteroatoms. The number of ether oxygens (including phenoxy) is 1. The maximum atomic E-state index is 10.3. The van der Waals surface area contributed by atoms with Gasteiger partial charge in [0.2, 0.25) is 0 Å². The van der Waals surface area contributed by atoms with Crippen LogP contribution in [0.4, 0.5) is 0 Å². The number of hydrogen-bond donors (Lipinski definition) is 1. The average molecular weight is 394 g/mol. The fourth-order valence-corrected chi connectivity index (χ4v) is 3.40. The second-order valence-corrected chi connectivity index (χ2v) is 7.63. The summed E-state index contributed by atoms with van der Waals surface area (Å²) < 4.78 is 11.1.